The summed E-state index contributed by atoms with van der Waals surface area (Å²) in [6.45, 7) is 0.399. The highest BCUT2D eigenvalue weighted by Crippen LogP contribution is 2.20. The molecular formula is C15H14ClN3O3. The lowest BCUT2D eigenvalue weighted by Gasteiger charge is -2.12. The van der Waals surface area contributed by atoms with E-state index in [4.69, 9.17) is 16.0 Å². The predicted octanol–water partition coefficient (Wildman–Crippen LogP) is 2.47. The van der Waals surface area contributed by atoms with Crippen LogP contribution >= 0.6 is 11.6 Å². The molecule has 1 aliphatic rings. The molecule has 1 aromatic carbocycles. The van der Waals surface area contributed by atoms with Crippen LogP contribution in [0.4, 0.5) is 0 Å². The standard InChI is InChI=1S/C15H14ClN3O3/c16-11-5-3-10(4-6-11)15-18-17-12(22-15)2-1-9-19-13(20)7-8-14(19)21/h3-6H,1-2,7-9H2. The topological polar surface area (TPSA) is 76.3 Å². The van der Waals surface area contributed by atoms with Crippen LogP contribution in [-0.2, 0) is 16.0 Å². The number of aryl methyl sites for hydroxylation is 1. The Morgan fingerprint density at radius 2 is 1.77 bits per heavy atom. The fourth-order valence-electron chi connectivity index (χ4n) is 2.32. The van der Waals surface area contributed by atoms with Gasteiger partial charge in [-0.25, -0.2) is 0 Å². The highest BCUT2D eigenvalue weighted by atomic mass is 35.5. The number of carbonyl (C=O) groups excluding carboxylic acids is 2. The molecule has 1 aliphatic heterocycles. The molecule has 1 fully saturated rings. The van der Waals surface area contributed by atoms with Crippen LogP contribution in [0.2, 0.25) is 5.02 Å². The van der Waals surface area contributed by atoms with Gasteiger partial charge in [0.25, 0.3) is 0 Å². The summed E-state index contributed by atoms with van der Waals surface area (Å²) in [4.78, 5) is 24.3. The summed E-state index contributed by atoms with van der Waals surface area (Å²) in [5.74, 6) is 0.721. The van der Waals surface area contributed by atoms with Gasteiger partial charge >= 0.3 is 0 Å². The van der Waals surface area contributed by atoms with E-state index in [2.05, 4.69) is 10.2 Å². The van der Waals surface area contributed by atoms with E-state index in [-0.39, 0.29) is 11.8 Å². The predicted molar refractivity (Wildman–Crippen MR) is 79.0 cm³/mol. The number of halogens is 1. The van der Waals surface area contributed by atoms with Crippen molar-refractivity contribution in [2.45, 2.75) is 25.7 Å². The SMILES string of the molecule is O=C1CCC(=O)N1CCCc1nnc(-c2ccc(Cl)cc2)o1. The van der Waals surface area contributed by atoms with Gasteiger partial charge in [0.15, 0.2) is 0 Å². The zero-order valence-electron chi connectivity index (χ0n) is 11.8. The van der Waals surface area contributed by atoms with Gasteiger partial charge < -0.3 is 4.42 Å². The second-order valence-electron chi connectivity index (χ2n) is 5.05. The molecule has 0 atom stereocenters. The maximum Gasteiger partial charge on any atom is 0.247 e. The number of nitrogens with zero attached hydrogens (tertiary/aromatic N) is 3. The summed E-state index contributed by atoms with van der Waals surface area (Å²) in [7, 11) is 0. The quantitative estimate of drug-likeness (QED) is 0.791. The van der Waals surface area contributed by atoms with Crippen molar-refractivity contribution >= 4 is 23.4 Å². The molecule has 0 spiro atoms. The van der Waals surface area contributed by atoms with Gasteiger partial charge in [-0.15, -0.1) is 10.2 Å². The fourth-order valence-corrected chi connectivity index (χ4v) is 2.45. The van der Waals surface area contributed by atoms with Crippen LogP contribution in [0.3, 0.4) is 0 Å². The van der Waals surface area contributed by atoms with Crippen molar-refractivity contribution < 1.29 is 14.0 Å². The maximum absolute atomic E-state index is 11.5. The molecule has 0 bridgehead atoms. The van der Waals surface area contributed by atoms with Crippen molar-refractivity contribution in [2.24, 2.45) is 0 Å². The van der Waals surface area contributed by atoms with Gasteiger partial charge in [0, 0.05) is 36.4 Å². The molecule has 6 nitrogen and oxygen atoms in total. The number of hydrogen-bond donors (Lipinski definition) is 0. The lowest BCUT2D eigenvalue weighted by atomic mass is 10.2. The highest BCUT2D eigenvalue weighted by molar-refractivity contribution is 6.30. The largest absolute Gasteiger partial charge is 0.421 e. The Balaban J connectivity index is 1.57. The second kappa shape index (κ2) is 6.27. The van der Waals surface area contributed by atoms with Crippen molar-refractivity contribution in [3.8, 4) is 11.5 Å². The molecule has 1 saturated heterocycles. The Kier molecular flexibility index (Phi) is 4.20. The third-order valence-corrected chi connectivity index (χ3v) is 3.74. The summed E-state index contributed by atoms with van der Waals surface area (Å²) in [6.07, 6.45) is 1.78. The van der Waals surface area contributed by atoms with E-state index in [1.165, 1.54) is 4.90 Å². The molecule has 1 aromatic heterocycles. The van der Waals surface area contributed by atoms with Gasteiger partial charge in [-0.05, 0) is 30.7 Å². The Morgan fingerprint density at radius 3 is 2.45 bits per heavy atom. The van der Waals surface area contributed by atoms with Crippen LogP contribution in [0, 0.1) is 0 Å². The van der Waals surface area contributed by atoms with E-state index in [1.54, 1.807) is 24.3 Å². The van der Waals surface area contributed by atoms with E-state index >= 15 is 0 Å². The number of hydrogen-bond acceptors (Lipinski definition) is 5. The Bertz CT molecular complexity index is 680. The van der Waals surface area contributed by atoms with Crippen LogP contribution < -0.4 is 0 Å². The minimum atomic E-state index is -0.0996. The second-order valence-corrected chi connectivity index (χ2v) is 5.49. The van der Waals surface area contributed by atoms with E-state index in [9.17, 15) is 9.59 Å². The first kappa shape index (κ1) is 14.7. The van der Waals surface area contributed by atoms with Crippen LogP contribution in [0.15, 0.2) is 28.7 Å². The lowest BCUT2D eigenvalue weighted by molar-refractivity contribution is -0.138. The zero-order valence-corrected chi connectivity index (χ0v) is 12.5. The van der Waals surface area contributed by atoms with Gasteiger partial charge in [-0.2, -0.15) is 0 Å². The van der Waals surface area contributed by atoms with Crippen LogP contribution in [0.25, 0.3) is 11.5 Å². The third kappa shape index (κ3) is 3.17. The van der Waals surface area contributed by atoms with Gasteiger partial charge in [0.2, 0.25) is 23.6 Å². The summed E-state index contributed by atoms with van der Waals surface area (Å²) in [5.41, 5.74) is 0.799. The molecule has 0 N–H and O–H groups in total. The first-order chi connectivity index (χ1) is 10.6. The summed E-state index contributed by atoms with van der Waals surface area (Å²) in [5, 5.41) is 8.61. The van der Waals surface area contributed by atoms with Gasteiger partial charge in [0.05, 0.1) is 0 Å². The van der Waals surface area contributed by atoms with Crippen LogP contribution in [-0.4, -0.2) is 33.5 Å². The van der Waals surface area contributed by atoms with E-state index in [0.29, 0.717) is 49.0 Å². The summed E-state index contributed by atoms with van der Waals surface area (Å²) < 4.78 is 5.57. The molecule has 22 heavy (non-hydrogen) atoms. The normalized spacial score (nSPS) is 14.9. The number of carbonyl (C=O) groups is 2. The minimum absolute atomic E-state index is 0.0996. The molecule has 114 valence electrons. The number of aromatic nitrogens is 2. The summed E-state index contributed by atoms with van der Waals surface area (Å²) in [6, 6.07) is 7.12. The molecule has 2 amide bonds. The maximum atomic E-state index is 11.5. The Labute approximate surface area is 132 Å². The fraction of sp³-hybridized carbons (Fsp3) is 0.333. The van der Waals surface area contributed by atoms with Crippen molar-refractivity contribution in [3.63, 3.8) is 0 Å². The number of rotatable bonds is 5. The summed E-state index contributed by atoms with van der Waals surface area (Å²) >= 11 is 5.83. The first-order valence-electron chi connectivity index (χ1n) is 7.05. The Hall–Kier alpha value is -2.21. The van der Waals surface area contributed by atoms with E-state index in [1.807, 2.05) is 0 Å². The molecule has 0 unspecified atom stereocenters. The monoisotopic (exact) mass is 319 g/mol. The van der Waals surface area contributed by atoms with Crippen molar-refractivity contribution in [2.75, 3.05) is 6.54 Å². The van der Waals surface area contributed by atoms with Gasteiger partial charge in [-0.1, -0.05) is 11.6 Å². The number of amides is 2. The van der Waals surface area contributed by atoms with Crippen LogP contribution in [0.1, 0.15) is 25.2 Å². The number of benzene rings is 1. The molecule has 7 heteroatoms. The molecule has 2 heterocycles. The molecule has 0 saturated carbocycles. The smallest absolute Gasteiger partial charge is 0.247 e. The number of imide groups is 1. The average Bonchev–Trinajstić information content (AvgIpc) is 3.10. The highest BCUT2D eigenvalue weighted by Gasteiger charge is 2.28. The first-order valence-corrected chi connectivity index (χ1v) is 7.43. The third-order valence-electron chi connectivity index (χ3n) is 3.49. The molecular weight excluding hydrogens is 306 g/mol. The van der Waals surface area contributed by atoms with Crippen LogP contribution in [0.5, 0.6) is 0 Å². The van der Waals surface area contributed by atoms with Gasteiger partial charge in [0.1, 0.15) is 0 Å². The molecule has 2 aromatic rings. The average molecular weight is 320 g/mol. The van der Waals surface area contributed by atoms with Crippen molar-refractivity contribution in [1.82, 2.24) is 15.1 Å². The molecule has 3 rings (SSSR count). The van der Waals surface area contributed by atoms with E-state index in [0.717, 1.165) is 5.56 Å². The lowest BCUT2D eigenvalue weighted by Crippen LogP contribution is -2.30. The van der Waals surface area contributed by atoms with Crippen molar-refractivity contribution in [1.29, 1.82) is 0 Å². The number of likely N-dealkylation sites (tertiary alicyclic amines) is 1. The molecule has 0 radical (unpaired) electrons. The van der Waals surface area contributed by atoms with E-state index < -0.39 is 0 Å². The van der Waals surface area contributed by atoms with Crippen molar-refractivity contribution in [3.05, 3.63) is 35.2 Å². The molecule has 0 aliphatic carbocycles. The van der Waals surface area contributed by atoms with Gasteiger partial charge in [-0.3, -0.25) is 14.5 Å². The minimum Gasteiger partial charge on any atom is -0.421 e. The Morgan fingerprint density at radius 1 is 1.09 bits per heavy atom. The zero-order chi connectivity index (χ0) is 15.5.